The van der Waals surface area contributed by atoms with Gasteiger partial charge in [0, 0.05) is 5.56 Å². The number of hydrogen-bond donors (Lipinski definition) is 0. The van der Waals surface area contributed by atoms with E-state index in [1.54, 1.807) is 12.1 Å². The highest BCUT2D eigenvalue weighted by atomic mass is 19.4. The van der Waals surface area contributed by atoms with Crippen molar-refractivity contribution in [3.8, 4) is 0 Å². The molecule has 2 aromatic carbocycles. The smallest absolute Gasteiger partial charge is 0.289 e. The summed E-state index contributed by atoms with van der Waals surface area (Å²) in [6.45, 7) is 0. The molecule has 1 aliphatic carbocycles. The Hall–Kier alpha value is -2.57. The average molecular weight is 426 g/mol. The van der Waals surface area contributed by atoms with E-state index in [2.05, 4.69) is 0 Å². The van der Waals surface area contributed by atoms with Crippen molar-refractivity contribution < 1.29 is 31.1 Å². The van der Waals surface area contributed by atoms with Crippen molar-refractivity contribution in [2.24, 2.45) is 0 Å². The van der Waals surface area contributed by atoms with Gasteiger partial charge < -0.3 is 0 Å². The van der Waals surface area contributed by atoms with Crippen molar-refractivity contribution in [2.45, 2.75) is 50.4 Å². The zero-order valence-corrected chi connectivity index (χ0v) is 16.0. The van der Waals surface area contributed by atoms with Gasteiger partial charge in [-0.05, 0) is 54.2 Å². The number of benzene rings is 2. The summed E-state index contributed by atoms with van der Waals surface area (Å²) in [7, 11) is 0. The molecule has 0 bridgehead atoms. The van der Waals surface area contributed by atoms with Crippen LogP contribution in [0.25, 0.3) is 6.08 Å². The maximum atomic E-state index is 12.9. The number of ketones is 1. The third kappa shape index (κ3) is 5.52. The van der Waals surface area contributed by atoms with Crippen molar-refractivity contribution >= 4 is 11.9 Å². The molecule has 160 valence electrons. The van der Waals surface area contributed by atoms with E-state index in [0.717, 1.165) is 30.6 Å². The summed E-state index contributed by atoms with van der Waals surface area (Å²) < 4.78 is 77.6. The molecule has 1 nitrogen and oxygen atoms in total. The normalized spacial score (nSPS) is 16.2. The average Bonchev–Trinajstić information content (AvgIpc) is 2.71. The fourth-order valence-corrected chi connectivity index (χ4v) is 3.70. The first-order chi connectivity index (χ1) is 14.0. The largest absolute Gasteiger partial charge is 0.416 e. The van der Waals surface area contributed by atoms with Gasteiger partial charge in [0.15, 0.2) is 5.78 Å². The van der Waals surface area contributed by atoms with Crippen LogP contribution in [0.5, 0.6) is 0 Å². The number of halogens is 6. The number of rotatable bonds is 4. The predicted molar refractivity (Wildman–Crippen MR) is 102 cm³/mol. The zero-order valence-electron chi connectivity index (χ0n) is 16.0. The lowest BCUT2D eigenvalue weighted by atomic mass is 9.84. The second-order valence-electron chi connectivity index (χ2n) is 7.49. The van der Waals surface area contributed by atoms with E-state index in [1.807, 2.05) is 12.1 Å². The first-order valence-electron chi connectivity index (χ1n) is 9.66. The molecule has 0 unspecified atom stereocenters. The van der Waals surface area contributed by atoms with Gasteiger partial charge in [0.1, 0.15) is 0 Å². The molecule has 0 radical (unpaired) electrons. The minimum atomic E-state index is -4.93. The molecule has 0 atom stereocenters. The topological polar surface area (TPSA) is 17.1 Å². The van der Waals surface area contributed by atoms with Crippen LogP contribution in [0.15, 0.2) is 48.5 Å². The van der Waals surface area contributed by atoms with Crippen LogP contribution in [0.1, 0.15) is 70.6 Å². The van der Waals surface area contributed by atoms with Gasteiger partial charge in [0.25, 0.3) is 0 Å². The number of allylic oxidation sites excluding steroid dienone is 1. The van der Waals surface area contributed by atoms with Gasteiger partial charge in [-0.1, -0.05) is 49.6 Å². The Bertz CT molecular complexity index is 884. The minimum absolute atomic E-state index is 0.0587. The summed E-state index contributed by atoms with van der Waals surface area (Å²) in [5, 5.41) is 0. The molecule has 30 heavy (non-hydrogen) atoms. The van der Waals surface area contributed by atoms with Gasteiger partial charge in [-0.2, -0.15) is 26.3 Å². The molecule has 1 fully saturated rings. The van der Waals surface area contributed by atoms with Crippen LogP contribution in [0.3, 0.4) is 0 Å². The number of carbonyl (C=O) groups is 1. The lowest BCUT2D eigenvalue weighted by Crippen LogP contribution is -2.11. The number of alkyl halides is 6. The molecular formula is C23H20F6O. The van der Waals surface area contributed by atoms with Gasteiger partial charge in [-0.15, -0.1) is 0 Å². The van der Waals surface area contributed by atoms with E-state index in [1.165, 1.54) is 19.3 Å². The molecule has 1 aliphatic rings. The van der Waals surface area contributed by atoms with E-state index in [9.17, 15) is 31.1 Å². The molecule has 1 saturated carbocycles. The standard InChI is InChI=1S/C23H20F6O/c24-22(25,26)19-12-15(13-20(14-19)23(27,28)29)6-11-21(30)18-9-7-17(8-10-18)16-4-2-1-3-5-16/h6-14,16H,1-5H2. The third-order valence-electron chi connectivity index (χ3n) is 5.31. The van der Waals surface area contributed by atoms with Crippen molar-refractivity contribution in [3.05, 3.63) is 76.4 Å². The van der Waals surface area contributed by atoms with Gasteiger partial charge >= 0.3 is 12.4 Å². The fraction of sp³-hybridized carbons (Fsp3) is 0.348. The van der Waals surface area contributed by atoms with E-state index in [4.69, 9.17) is 0 Å². The molecule has 0 heterocycles. The second kappa shape index (κ2) is 8.66. The highest BCUT2D eigenvalue weighted by Crippen LogP contribution is 2.36. The number of hydrogen-bond acceptors (Lipinski definition) is 1. The van der Waals surface area contributed by atoms with Crippen LogP contribution < -0.4 is 0 Å². The summed E-state index contributed by atoms with van der Waals surface area (Å²) >= 11 is 0. The van der Waals surface area contributed by atoms with Crippen molar-refractivity contribution in [2.75, 3.05) is 0 Å². The van der Waals surface area contributed by atoms with Gasteiger partial charge in [-0.25, -0.2) is 0 Å². The molecule has 0 N–H and O–H groups in total. The molecule has 0 aromatic heterocycles. The maximum Gasteiger partial charge on any atom is 0.416 e. The maximum absolute atomic E-state index is 12.9. The highest BCUT2D eigenvalue weighted by Gasteiger charge is 2.36. The van der Waals surface area contributed by atoms with Crippen molar-refractivity contribution in [1.29, 1.82) is 0 Å². The first-order valence-corrected chi connectivity index (χ1v) is 9.66. The van der Waals surface area contributed by atoms with Crippen LogP contribution in [0.2, 0.25) is 0 Å². The SMILES string of the molecule is O=C(C=Cc1cc(C(F)(F)F)cc(C(F)(F)F)c1)c1ccc(C2CCCCC2)cc1. The molecule has 0 spiro atoms. The molecular weight excluding hydrogens is 406 g/mol. The van der Waals surface area contributed by atoms with E-state index >= 15 is 0 Å². The highest BCUT2D eigenvalue weighted by molar-refractivity contribution is 6.06. The predicted octanol–water partition coefficient (Wildman–Crippen LogP) is 7.67. The summed E-state index contributed by atoms with van der Waals surface area (Å²) in [6.07, 6.45) is -2.12. The van der Waals surface area contributed by atoms with Crippen LogP contribution in [-0.4, -0.2) is 5.78 Å². The molecule has 2 aromatic rings. The Labute approximate surface area is 170 Å². The van der Waals surface area contributed by atoms with Crippen LogP contribution in [0, 0.1) is 0 Å². The Morgan fingerprint density at radius 2 is 1.33 bits per heavy atom. The summed E-state index contributed by atoms with van der Waals surface area (Å²) in [5.74, 6) is -0.0273. The zero-order chi connectivity index (χ0) is 21.9. The van der Waals surface area contributed by atoms with Gasteiger partial charge in [0.05, 0.1) is 11.1 Å². The molecule has 0 saturated heterocycles. The van der Waals surface area contributed by atoms with E-state index in [0.29, 0.717) is 23.6 Å². The summed E-state index contributed by atoms with van der Waals surface area (Å²) in [4.78, 5) is 12.3. The number of carbonyl (C=O) groups excluding carboxylic acids is 1. The van der Waals surface area contributed by atoms with Crippen molar-refractivity contribution in [1.82, 2.24) is 0 Å². The molecule has 0 aliphatic heterocycles. The monoisotopic (exact) mass is 426 g/mol. The van der Waals surface area contributed by atoms with Crippen LogP contribution in [0.4, 0.5) is 26.3 Å². The Morgan fingerprint density at radius 3 is 1.83 bits per heavy atom. The second-order valence-corrected chi connectivity index (χ2v) is 7.49. The quantitative estimate of drug-likeness (QED) is 0.279. The Kier molecular flexibility index (Phi) is 6.38. The molecule has 3 rings (SSSR count). The van der Waals surface area contributed by atoms with Crippen LogP contribution >= 0.6 is 0 Å². The van der Waals surface area contributed by atoms with E-state index in [-0.39, 0.29) is 11.6 Å². The van der Waals surface area contributed by atoms with Crippen molar-refractivity contribution in [3.63, 3.8) is 0 Å². The lowest BCUT2D eigenvalue weighted by Gasteiger charge is -2.21. The third-order valence-corrected chi connectivity index (χ3v) is 5.31. The summed E-state index contributed by atoms with van der Waals surface area (Å²) in [6, 6.07) is 8.25. The fourth-order valence-electron chi connectivity index (χ4n) is 3.70. The Morgan fingerprint density at radius 1 is 0.800 bits per heavy atom. The van der Waals surface area contributed by atoms with E-state index < -0.39 is 29.3 Å². The minimum Gasteiger partial charge on any atom is -0.289 e. The first kappa shape index (κ1) is 22.1. The lowest BCUT2D eigenvalue weighted by molar-refractivity contribution is -0.143. The van der Waals surface area contributed by atoms with Gasteiger partial charge in [0.2, 0.25) is 0 Å². The molecule has 0 amide bonds. The Balaban J connectivity index is 1.80. The molecule has 7 heteroatoms. The summed E-state index contributed by atoms with van der Waals surface area (Å²) in [5.41, 5.74) is -1.70. The van der Waals surface area contributed by atoms with Crippen LogP contribution in [-0.2, 0) is 12.4 Å². The van der Waals surface area contributed by atoms with Gasteiger partial charge in [-0.3, -0.25) is 4.79 Å².